The summed E-state index contributed by atoms with van der Waals surface area (Å²) in [5.41, 5.74) is 1.43. The van der Waals surface area contributed by atoms with Gasteiger partial charge in [-0.05, 0) is 33.6 Å². The molecule has 3 heteroatoms. The summed E-state index contributed by atoms with van der Waals surface area (Å²) in [6.45, 7) is 6.94. The summed E-state index contributed by atoms with van der Waals surface area (Å²) in [6, 6.07) is 0.348. The molecule has 2 fully saturated rings. The van der Waals surface area contributed by atoms with Gasteiger partial charge < -0.3 is 4.74 Å². The lowest BCUT2D eigenvalue weighted by Gasteiger charge is -2.12. The van der Waals surface area contributed by atoms with Gasteiger partial charge in [-0.1, -0.05) is 11.6 Å². The lowest BCUT2D eigenvalue weighted by atomic mass is 10.0. The van der Waals surface area contributed by atoms with Crippen molar-refractivity contribution in [3.8, 4) is 0 Å². The van der Waals surface area contributed by atoms with Crippen molar-refractivity contribution in [2.24, 2.45) is 0 Å². The number of carbonyl (C=O) groups excluding carboxylic acids is 1. The molecule has 2 heterocycles. The maximum absolute atomic E-state index is 11.2. The van der Waals surface area contributed by atoms with E-state index in [-0.39, 0.29) is 11.6 Å². The molecule has 0 aromatic heterocycles. The highest BCUT2D eigenvalue weighted by molar-refractivity contribution is 5.76. The standard InChI is InChI=1S/C11H17NO2/c1-8(2)5-4-6-11(3)9-7-14-10(13)12(9)11/h5,9H,4,6-7H2,1-3H3/t9-,11-,12?/m1/s1. The minimum absolute atomic E-state index is 0.0846. The number of cyclic esters (lactones) is 1. The highest BCUT2D eigenvalue weighted by Crippen LogP contribution is 2.48. The van der Waals surface area contributed by atoms with E-state index in [0.717, 1.165) is 12.8 Å². The highest BCUT2D eigenvalue weighted by atomic mass is 16.6. The summed E-state index contributed by atoms with van der Waals surface area (Å²) < 4.78 is 4.91. The van der Waals surface area contributed by atoms with Gasteiger partial charge in [0.05, 0.1) is 11.6 Å². The van der Waals surface area contributed by atoms with E-state index in [1.807, 2.05) is 4.90 Å². The van der Waals surface area contributed by atoms with Gasteiger partial charge in [0.15, 0.2) is 0 Å². The van der Waals surface area contributed by atoms with Crippen molar-refractivity contribution in [3.63, 3.8) is 0 Å². The Balaban J connectivity index is 1.89. The molecule has 0 aromatic carbocycles. The first-order chi connectivity index (χ1) is 6.55. The van der Waals surface area contributed by atoms with E-state index in [9.17, 15) is 4.79 Å². The molecule has 2 saturated heterocycles. The van der Waals surface area contributed by atoms with E-state index in [1.54, 1.807) is 0 Å². The molecular formula is C11H17NO2. The second-order valence-corrected chi connectivity index (χ2v) is 4.64. The Labute approximate surface area is 84.7 Å². The zero-order valence-corrected chi connectivity index (χ0v) is 9.04. The predicted octanol–water partition coefficient (Wildman–Crippen LogP) is 2.33. The minimum atomic E-state index is -0.130. The van der Waals surface area contributed by atoms with E-state index in [4.69, 9.17) is 4.74 Å². The van der Waals surface area contributed by atoms with Gasteiger partial charge in [-0.3, -0.25) is 4.90 Å². The molecule has 3 nitrogen and oxygen atoms in total. The van der Waals surface area contributed by atoms with E-state index >= 15 is 0 Å². The Hall–Kier alpha value is -0.990. The normalized spacial score (nSPS) is 33.8. The van der Waals surface area contributed by atoms with Gasteiger partial charge >= 0.3 is 6.09 Å². The van der Waals surface area contributed by atoms with Crippen molar-refractivity contribution in [3.05, 3.63) is 11.6 Å². The molecule has 14 heavy (non-hydrogen) atoms. The summed E-state index contributed by atoms with van der Waals surface area (Å²) in [6.07, 6.45) is 4.21. The maximum atomic E-state index is 11.2. The number of rotatable bonds is 3. The average molecular weight is 195 g/mol. The molecule has 78 valence electrons. The van der Waals surface area contributed by atoms with Crippen LogP contribution in [0.15, 0.2) is 11.6 Å². The number of hydrogen-bond acceptors (Lipinski definition) is 2. The van der Waals surface area contributed by atoms with E-state index in [2.05, 4.69) is 26.8 Å². The number of ether oxygens (including phenoxy) is 1. The number of allylic oxidation sites excluding steroid dienone is 2. The summed E-state index contributed by atoms with van der Waals surface area (Å²) in [5, 5.41) is 0. The van der Waals surface area contributed by atoms with Crippen LogP contribution in [0, 0.1) is 0 Å². The van der Waals surface area contributed by atoms with Crippen LogP contribution in [-0.2, 0) is 4.74 Å². The Kier molecular flexibility index (Phi) is 2.05. The Morgan fingerprint density at radius 2 is 2.43 bits per heavy atom. The zero-order valence-electron chi connectivity index (χ0n) is 9.04. The number of fused-ring (bicyclic) bond motifs is 1. The molecule has 2 aliphatic rings. The quantitative estimate of drug-likeness (QED) is 0.511. The van der Waals surface area contributed by atoms with Gasteiger partial charge in [-0.25, -0.2) is 4.79 Å². The monoisotopic (exact) mass is 195 g/mol. The summed E-state index contributed by atoms with van der Waals surface area (Å²) in [7, 11) is 0. The van der Waals surface area contributed by atoms with Crippen LogP contribution in [0.2, 0.25) is 0 Å². The SMILES string of the molecule is CC(C)=CCC[C@]1(C)[C@H]2COC(=O)N21. The molecule has 0 aliphatic carbocycles. The third-order valence-electron chi connectivity index (χ3n) is 3.28. The van der Waals surface area contributed by atoms with Crippen LogP contribution < -0.4 is 0 Å². The molecule has 0 N–H and O–H groups in total. The lowest BCUT2D eigenvalue weighted by Crippen LogP contribution is -2.23. The van der Waals surface area contributed by atoms with Crippen molar-refractivity contribution in [1.82, 2.24) is 4.90 Å². The largest absolute Gasteiger partial charge is 0.447 e. The first kappa shape index (κ1) is 9.56. The number of amides is 1. The third-order valence-corrected chi connectivity index (χ3v) is 3.28. The van der Waals surface area contributed by atoms with Crippen LogP contribution in [0.3, 0.4) is 0 Å². The number of nitrogens with zero attached hydrogens (tertiary/aromatic N) is 1. The smallest absolute Gasteiger partial charge is 0.410 e. The molecule has 0 aromatic rings. The zero-order chi connectivity index (χ0) is 10.3. The number of carbonyl (C=O) groups is 1. The molecule has 2 rings (SSSR count). The molecular weight excluding hydrogens is 178 g/mol. The second-order valence-electron chi connectivity index (χ2n) is 4.64. The minimum Gasteiger partial charge on any atom is -0.447 e. The van der Waals surface area contributed by atoms with E-state index in [1.165, 1.54) is 5.57 Å². The topological polar surface area (TPSA) is 29.3 Å². The molecule has 2 aliphatic heterocycles. The lowest BCUT2D eigenvalue weighted by molar-refractivity contribution is 0.146. The second kappa shape index (κ2) is 3.01. The van der Waals surface area contributed by atoms with Crippen LogP contribution in [0.4, 0.5) is 4.79 Å². The van der Waals surface area contributed by atoms with Gasteiger partial charge in [0.2, 0.25) is 0 Å². The number of hydrogen-bond donors (Lipinski definition) is 0. The fourth-order valence-electron chi connectivity index (χ4n) is 2.25. The van der Waals surface area contributed by atoms with E-state index in [0.29, 0.717) is 12.6 Å². The fourth-order valence-corrected chi connectivity index (χ4v) is 2.25. The van der Waals surface area contributed by atoms with Gasteiger partial charge in [-0.15, -0.1) is 0 Å². The Bertz CT molecular complexity index is 294. The Morgan fingerprint density at radius 1 is 1.71 bits per heavy atom. The summed E-state index contributed by atoms with van der Waals surface area (Å²) >= 11 is 0. The predicted molar refractivity (Wildman–Crippen MR) is 54.0 cm³/mol. The molecule has 0 bridgehead atoms. The first-order valence-corrected chi connectivity index (χ1v) is 5.15. The molecule has 2 atom stereocenters. The van der Waals surface area contributed by atoms with Crippen LogP contribution in [0.1, 0.15) is 33.6 Å². The van der Waals surface area contributed by atoms with Gasteiger partial charge in [0.25, 0.3) is 0 Å². The molecule has 0 spiro atoms. The van der Waals surface area contributed by atoms with E-state index < -0.39 is 0 Å². The van der Waals surface area contributed by atoms with Crippen molar-refractivity contribution in [2.75, 3.05) is 6.61 Å². The molecule has 0 radical (unpaired) electrons. The first-order valence-electron chi connectivity index (χ1n) is 5.15. The maximum Gasteiger partial charge on any atom is 0.410 e. The third kappa shape index (κ3) is 1.31. The Morgan fingerprint density at radius 3 is 2.93 bits per heavy atom. The van der Waals surface area contributed by atoms with Crippen LogP contribution in [0.25, 0.3) is 0 Å². The summed E-state index contributed by atoms with van der Waals surface area (Å²) in [5.74, 6) is 0. The van der Waals surface area contributed by atoms with Crippen molar-refractivity contribution >= 4 is 6.09 Å². The van der Waals surface area contributed by atoms with Crippen LogP contribution >= 0.6 is 0 Å². The van der Waals surface area contributed by atoms with Gasteiger partial charge in [0, 0.05) is 0 Å². The van der Waals surface area contributed by atoms with Crippen molar-refractivity contribution in [1.29, 1.82) is 0 Å². The van der Waals surface area contributed by atoms with Gasteiger partial charge in [0.1, 0.15) is 6.61 Å². The highest BCUT2D eigenvalue weighted by Gasteiger charge is 2.66. The van der Waals surface area contributed by atoms with Gasteiger partial charge in [-0.2, -0.15) is 0 Å². The van der Waals surface area contributed by atoms with Crippen LogP contribution in [-0.4, -0.2) is 29.2 Å². The van der Waals surface area contributed by atoms with Crippen LogP contribution in [0.5, 0.6) is 0 Å². The molecule has 1 amide bonds. The fraction of sp³-hybridized carbons (Fsp3) is 0.727. The molecule has 0 unspecified atom stereocenters. The average Bonchev–Trinajstić information content (AvgIpc) is 2.47. The van der Waals surface area contributed by atoms with Crippen molar-refractivity contribution in [2.45, 2.75) is 45.2 Å². The summed E-state index contributed by atoms with van der Waals surface area (Å²) in [4.78, 5) is 13.1. The molecule has 0 saturated carbocycles. The van der Waals surface area contributed by atoms with Crippen molar-refractivity contribution < 1.29 is 9.53 Å².